The van der Waals surface area contributed by atoms with Crippen molar-refractivity contribution < 1.29 is 26.6 Å². The first-order valence-electron chi connectivity index (χ1n) is 12.2. The fourth-order valence-electron chi connectivity index (χ4n) is 3.36. The van der Waals surface area contributed by atoms with Crippen LogP contribution in [0.15, 0.2) is 53.5 Å². The van der Waals surface area contributed by atoms with Gasteiger partial charge in [-0.1, -0.05) is 6.08 Å². The Morgan fingerprint density at radius 3 is 2.76 bits per heavy atom. The van der Waals surface area contributed by atoms with Gasteiger partial charge >= 0.3 is 6.09 Å². The molecule has 0 fully saturated rings. The molecule has 0 aliphatic carbocycles. The van der Waals surface area contributed by atoms with Crippen molar-refractivity contribution in [2.24, 2.45) is 5.92 Å². The van der Waals surface area contributed by atoms with Crippen LogP contribution in [-0.2, 0) is 16.1 Å². The van der Waals surface area contributed by atoms with Gasteiger partial charge in [-0.2, -0.15) is 0 Å². The number of likely N-dealkylation sites (N-methyl/N-ethyl adjacent to an activating group) is 1. The molecule has 3 N–H and O–H groups in total. The first-order valence-corrected chi connectivity index (χ1v) is 11.2. The Hall–Kier alpha value is -4.48. The molecule has 0 aliphatic heterocycles. The smallest absolute Gasteiger partial charge is 0.407 e. The molecule has 0 spiro atoms. The van der Waals surface area contributed by atoms with Crippen molar-refractivity contribution in [3.63, 3.8) is 0 Å². The zero-order valence-electron chi connectivity index (χ0n) is 22.6. The first kappa shape index (κ1) is 24.2. The van der Waals surface area contributed by atoms with E-state index >= 15 is 0 Å². The van der Waals surface area contributed by atoms with Crippen molar-refractivity contribution >= 4 is 34.6 Å². The third-order valence-corrected chi connectivity index (χ3v) is 5.38. The summed E-state index contributed by atoms with van der Waals surface area (Å²) in [5.74, 6) is -2.89. The number of carboxylic acid groups (broad SMARTS) is 1. The molecular formula is C25H29FN6O5. The van der Waals surface area contributed by atoms with Gasteiger partial charge in [0.2, 0.25) is 11.8 Å². The van der Waals surface area contributed by atoms with Gasteiger partial charge in [-0.05, 0) is 43.1 Å². The number of carbonyl (C=O) groups is 3. The highest BCUT2D eigenvalue weighted by Gasteiger charge is 2.23. The minimum absolute atomic E-state index is 0.0183. The third kappa shape index (κ3) is 7.26. The van der Waals surface area contributed by atoms with E-state index in [0.29, 0.717) is 16.9 Å². The fraction of sp³-hybridized carbons (Fsp3) is 0.320. The lowest BCUT2D eigenvalue weighted by Crippen LogP contribution is -2.37. The fourth-order valence-corrected chi connectivity index (χ4v) is 3.36. The molecule has 196 valence electrons. The Bertz CT molecular complexity index is 1470. The molecule has 3 rings (SSSR count). The van der Waals surface area contributed by atoms with Gasteiger partial charge in [0.15, 0.2) is 0 Å². The van der Waals surface area contributed by atoms with Gasteiger partial charge in [0.25, 0.3) is 5.56 Å². The number of rotatable bonds is 10. The summed E-state index contributed by atoms with van der Waals surface area (Å²) < 4.78 is 31.7. The van der Waals surface area contributed by atoms with E-state index in [0.717, 1.165) is 11.0 Å². The average molecular weight is 515 g/mol. The Labute approximate surface area is 215 Å². The number of fused-ring (bicyclic) bond motifs is 1. The number of imidazole rings is 1. The summed E-state index contributed by atoms with van der Waals surface area (Å²) in [7, 11) is 4.25. The second-order valence-corrected chi connectivity index (χ2v) is 8.45. The number of hydrogen-bond acceptors (Lipinski definition) is 5. The van der Waals surface area contributed by atoms with Crippen LogP contribution in [0.4, 0.5) is 14.9 Å². The predicted octanol–water partition coefficient (Wildman–Crippen LogP) is 2.50. The minimum atomic E-state index is -2.27. The molecule has 0 bridgehead atoms. The van der Waals surface area contributed by atoms with Gasteiger partial charge in [0, 0.05) is 42.7 Å². The number of H-pyrrole nitrogens is 1. The summed E-state index contributed by atoms with van der Waals surface area (Å²) in [6, 6.07) is 6.90. The van der Waals surface area contributed by atoms with Crippen molar-refractivity contribution in [3.05, 3.63) is 70.7 Å². The van der Waals surface area contributed by atoms with Crippen LogP contribution < -0.4 is 10.9 Å². The van der Waals surface area contributed by atoms with E-state index in [9.17, 15) is 28.7 Å². The number of allylic oxidation sites excluding steroid dienone is 1. The summed E-state index contributed by atoms with van der Waals surface area (Å²) in [5, 5.41) is 11.7. The molecule has 3 aromatic rings. The van der Waals surface area contributed by atoms with E-state index in [1.165, 1.54) is 73.2 Å². The van der Waals surface area contributed by atoms with Gasteiger partial charge in [-0.15, -0.1) is 0 Å². The molecular weight excluding hydrogens is 483 g/mol. The van der Waals surface area contributed by atoms with Crippen molar-refractivity contribution in [2.45, 2.75) is 19.3 Å². The average Bonchev–Trinajstić information content (AvgIpc) is 3.25. The van der Waals surface area contributed by atoms with Gasteiger partial charge in [0.1, 0.15) is 17.3 Å². The SMILES string of the molecule is [2H]C([2H])(C/C=C/C(=O)N(C)C)[C@@H](CN(C)C(=O)O)C(=O)Nc1cccn(Cc2nc3cc(F)ccc3[nH]2)c1=O. The Morgan fingerprint density at radius 1 is 1.30 bits per heavy atom. The molecule has 1 atom stereocenters. The number of benzene rings is 1. The van der Waals surface area contributed by atoms with E-state index in [4.69, 9.17) is 2.74 Å². The van der Waals surface area contributed by atoms with Crippen LogP contribution in [0.1, 0.15) is 21.4 Å². The van der Waals surface area contributed by atoms with Gasteiger partial charge in [0.05, 0.1) is 23.5 Å². The van der Waals surface area contributed by atoms with Crippen molar-refractivity contribution in [2.75, 3.05) is 33.0 Å². The highest BCUT2D eigenvalue weighted by Crippen LogP contribution is 2.15. The zero-order chi connectivity index (χ0) is 28.9. The first-order chi connectivity index (χ1) is 18.3. The summed E-state index contributed by atoms with van der Waals surface area (Å²) >= 11 is 0. The minimum Gasteiger partial charge on any atom is -0.465 e. The molecule has 0 saturated carbocycles. The number of aromatic nitrogens is 3. The number of halogens is 1. The summed E-state index contributed by atoms with van der Waals surface area (Å²) in [4.78, 5) is 58.8. The second kappa shape index (κ2) is 12.0. The molecule has 2 aromatic heterocycles. The zero-order valence-corrected chi connectivity index (χ0v) is 20.6. The second-order valence-electron chi connectivity index (χ2n) is 8.45. The monoisotopic (exact) mass is 514 g/mol. The number of hydrogen-bond donors (Lipinski definition) is 3. The maximum Gasteiger partial charge on any atom is 0.407 e. The number of amides is 3. The molecule has 2 heterocycles. The molecule has 12 heteroatoms. The number of nitrogens with one attached hydrogen (secondary N) is 2. The van der Waals surface area contributed by atoms with E-state index in [-0.39, 0.29) is 24.6 Å². The normalized spacial score (nSPS) is 13.2. The van der Waals surface area contributed by atoms with E-state index < -0.39 is 42.2 Å². The van der Waals surface area contributed by atoms with Crippen LogP contribution in [-0.4, -0.2) is 75.0 Å². The number of aromatic amines is 1. The number of anilines is 1. The summed E-state index contributed by atoms with van der Waals surface area (Å²) in [6.45, 7) is -0.518. The standard InChI is InChI=1S/C25H29FN6O5/c1-30(2)22(33)9-5-4-7-16(14-31(3)25(36)37)23(34)29-19-8-6-12-32(24(19)35)15-21-27-18-11-10-17(26)13-20(18)28-21/h5-6,8-13,16H,4,7,14-15H2,1-3H3,(H,27,28)(H,29,34)(H,36,37)/b9-5+/t16-/m0/s1/i7D2. The highest BCUT2D eigenvalue weighted by atomic mass is 19.1. The molecule has 0 aliphatic rings. The molecule has 3 amide bonds. The van der Waals surface area contributed by atoms with Crippen LogP contribution >= 0.6 is 0 Å². The number of pyridine rings is 1. The lowest BCUT2D eigenvalue weighted by Gasteiger charge is -2.21. The van der Waals surface area contributed by atoms with E-state index in [1.807, 2.05) is 0 Å². The maximum atomic E-state index is 13.5. The molecule has 37 heavy (non-hydrogen) atoms. The Balaban J connectivity index is 1.84. The Morgan fingerprint density at radius 2 is 2.05 bits per heavy atom. The quantitative estimate of drug-likeness (QED) is 0.355. The van der Waals surface area contributed by atoms with Crippen molar-refractivity contribution in [1.82, 2.24) is 24.3 Å². The number of carbonyl (C=O) groups excluding carboxylic acids is 2. The molecule has 1 aromatic carbocycles. The van der Waals surface area contributed by atoms with Crippen molar-refractivity contribution in [1.29, 1.82) is 0 Å². The highest BCUT2D eigenvalue weighted by molar-refractivity contribution is 5.92. The maximum absolute atomic E-state index is 13.5. The molecule has 11 nitrogen and oxygen atoms in total. The van der Waals surface area contributed by atoms with E-state index in [2.05, 4.69) is 15.3 Å². The molecule has 0 saturated heterocycles. The summed E-state index contributed by atoms with van der Waals surface area (Å²) in [6.07, 6.45) is -0.0888. The van der Waals surface area contributed by atoms with Crippen LogP contribution in [0.2, 0.25) is 0 Å². The third-order valence-electron chi connectivity index (χ3n) is 5.38. The molecule has 0 unspecified atom stereocenters. The largest absolute Gasteiger partial charge is 0.465 e. The van der Waals surface area contributed by atoms with Crippen LogP contribution in [0.5, 0.6) is 0 Å². The summed E-state index contributed by atoms with van der Waals surface area (Å²) in [5.41, 5.74) is 0.205. The predicted molar refractivity (Wildman–Crippen MR) is 136 cm³/mol. The van der Waals surface area contributed by atoms with Gasteiger partial charge in [-0.25, -0.2) is 14.2 Å². The molecule has 0 radical (unpaired) electrons. The van der Waals surface area contributed by atoms with Gasteiger partial charge < -0.3 is 29.8 Å². The van der Waals surface area contributed by atoms with Crippen LogP contribution in [0, 0.1) is 11.7 Å². The lowest BCUT2D eigenvalue weighted by molar-refractivity contribution is -0.123. The van der Waals surface area contributed by atoms with Crippen LogP contribution in [0.25, 0.3) is 11.0 Å². The number of nitrogens with zero attached hydrogens (tertiary/aromatic N) is 4. The van der Waals surface area contributed by atoms with Gasteiger partial charge in [-0.3, -0.25) is 14.4 Å². The van der Waals surface area contributed by atoms with E-state index in [1.54, 1.807) is 0 Å². The van der Waals surface area contributed by atoms with Crippen LogP contribution in [0.3, 0.4) is 0 Å². The topological polar surface area (TPSA) is 141 Å². The lowest BCUT2D eigenvalue weighted by atomic mass is 10.0. The van der Waals surface area contributed by atoms with Crippen molar-refractivity contribution in [3.8, 4) is 0 Å². The Kier molecular flexibility index (Phi) is 7.84.